The van der Waals surface area contributed by atoms with E-state index in [9.17, 15) is 4.79 Å². The van der Waals surface area contributed by atoms with Crippen LogP contribution < -0.4 is 5.73 Å². The lowest BCUT2D eigenvalue weighted by molar-refractivity contribution is 0.0597. The molecule has 0 bridgehead atoms. The lowest BCUT2D eigenvalue weighted by atomic mass is 10.0. The first kappa shape index (κ1) is 15.8. The van der Waals surface area contributed by atoms with Gasteiger partial charge in [0.05, 0.1) is 19.3 Å². The van der Waals surface area contributed by atoms with Crippen molar-refractivity contribution in [3.63, 3.8) is 0 Å². The topological polar surface area (TPSA) is 79.0 Å². The molecule has 0 spiro atoms. The Labute approximate surface area is 125 Å². The molecule has 1 aromatic rings. The third-order valence-corrected chi connectivity index (χ3v) is 3.85. The molecule has 1 saturated heterocycles. The van der Waals surface area contributed by atoms with E-state index < -0.39 is 0 Å². The number of aliphatic hydroxyl groups excluding tert-OH is 1. The van der Waals surface area contributed by atoms with Gasteiger partial charge in [-0.25, -0.2) is 4.79 Å². The van der Waals surface area contributed by atoms with Gasteiger partial charge in [-0.2, -0.15) is 0 Å². The molecule has 1 aromatic carbocycles. The fourth-order valence-corrected chi connectivity index (χ4v) is 2.66. The van der Waals surface area contributed by atoms with E-state index in [2.05, 4.69) is 9.80 Å². The number of hydrogen-bond acceptors (Lipinski definition) is 6. The van der Waals surface area contributed by atoms with Crippen molar-refractivity contribution in [2.75, 3.05) is 52.2 Å². The number of nitrogen functional groups attached to an aromatic ring is 1. The van der Waals surface area contributed by atoms with Gasteiger partial charge in [0, 0.05) is 45.0 Å². The number of nitrogens with two attached hydrogens (primary N) is 1. The maximum atomic E-state index is 11.9. The molecule has 0 unspecified atom stereocenters. The van der Waals surface area contributed by atoms with Gasteiger partial charge in [0.15, 0.2) is 0 Å². The van der Waals surface area contributed by atoms with Crippen molar-refractivity contribution in [2.45, 2.75) is 6.54 Å². The number of hydrogen-bond donors (Lipinski definition) is 2. The average Bonchev–Trinajstić information content (AvgIpc) is 2.49. The predicted molar refractivity (Wildman–Crippen MR) is 81.0 cm³/mol. The third kappa shape index (κ3) is 3.93. The number of rotatable bonds is 5. The highest BCUT2D eigenvalue weighted by Crippen LogP contribution is 2.20. The molecule has 0 atom stereocenters. The number of ether oxygens (including phenoxy) is 1. The van der Waals surface area contributed by atoms with Gasteiger partial charge in [-0.15, -0.1) is 0 Å². The van der Waals surface area contributed by atoms with Gasteiger partial charge in [0.2, 0.25) is 0 Å². The number of aliphatic hydroxyl groups is 1. The normalized spacial score (nSPS) is 16.9. The molecule has 1 aliphatic rings. The van der Waals surface area contributed by atoms with Gasteiger partial charge >= 0.3 is 5.97 Å². The zero-order valence-corrected chi connectivity index (χ0v) is 12.4. The summed E-state index contributed by atoms with van der Waals surface area (Å²) >= 11 is 0. The zero-order valence-electron chi connectivity index (χ0n) is 12.4. The fraction of sp³-hybridized carbons (Fsp3) is 0.533. The molecule has 0 aliphatic carbocycles. The van der Waals surface area contributed by atoms with Crippen molar-refractivity contribution in [1.29, 1.82) is 0 Å². The van der Waals surface area contributed by atoms with E-state index >= 15 is 0 Å². The van der Waals surface area contributed by atoms with Crippen LogP contribution in [0.15, 0.2) is 18.2 Å². The second-order valence-corrected chi connectivity index (χ2v) is 5.21. The zero-order chi connectivity index (χ0) is 15.2. The van der Waals surface area contributed by atoms with Crippen molar-refractivity contribution in [3.05, 3.63) is 29.3 Å². The first-order valence-electron chi connectivity index (χ1n) is 7.17. The molecule has 0 amide bonds. The van der Waals surface area contributed by atoms with Crippen LogP contribution in [-0.2, 0) is 11.3 Å². The van der Waals surface area contributed by atoms with Crippen LogP contribution in [0.1, 0.15) is 15.9 Å². The number of carbonyl (C=O) groups excluding carboxylic acids is 1. The third-order valence-electron chi connectivity index (χ3n) is 3.85. The quantitative estimate of drug-likeness (QED) is 0.595. The predicted octanol–water partition coefficient (Wildman–Crippen LogP) is 0.165. The van der Waals surface area contributed by atoms with Crippen molar-refractivity contribution in [1.82, 2.24) is 9.80 Å². The first-order chi connectivity index (χ1) is 10.2. The van der Waals surface area contributed by atoms with E-state index in [1.165, 1.54) is 7.11 Å². The van der Waals surface area contributed by atoms with Crippen LogP contribution in [-0.4, -0.2) is 67.3 Å². The molecule has 116 valence electrons. The summed E-state index contributed by atoms with van der Waals surface area (Å²) < 4.78 is 4.82. The van der Waals surface area contributed by atoms with E-state index in [-0.39, 0.29) is 12.6 Å². The number of methoxy groups -OCH3 is 1. The number of β-amino-alcohol motifs (C(OH)–C–C–N with tert-alkyl or cyclic N) is 1. The highest BCUT2D eigenvalue weighted by Gasteiger charge is 2.20. The second-order valence-electron chi connectivity index (χ2n) is 5.21. The first-order valence-corrected chi connectivity index (χ1v) is 7.17. The Morgan fingerprint density at radius 1 is 1.29 bits per heavy atom. The number of esters is 1. The number of piperazine rings is 1. The number of anilines is 1. The van der Waals surface area contributed by atoms with Gasteiger partial charge in [-0.1, -0.05) is 12.1 Å². The van der Waals surface area contributed by atoms with Crippen molar-refractivity contribution < 1.29 is 14.6 Å². The fourth-order valence-electron chi connectivity index (χ4n) is 2.66. The minimum atomic E-state index is -0.387. The lowest BCUT2D eigenvalue weighted by Gasteiger charge is -2.34. The molecule has 6 heteroatoms. The SMILES string of the molecule is COC(=O)c1c(N)cccc1CN1CCN(CCO)CC1. The maximum Gasteiger partial charge on any atom is 0.340 e. The molecule has 6 nitrogen and oxygen atoms in total. The van der Waals surface area contributed by atoms with Crippen LogP contribution >= 0.6 is 0 Å². The van der Waals surface area contributed by atoms with Gasteiger partial charge in [-0.05, 0) is 11.6 Å². The smallest absolute Gasteiger partial charge is 0.340 e. The van der Waals surface area contributed by atoms with Crippen molar-refractivity contribution in [3.8, 4) is 0 Å². The largest absolute Gasteiger partial charge is 0.465 e. The molecule has 0 radical (unpaired) electrons. The van der Waals surface area contributed by atoms with E-state index in [1.54, 1.807) is 6.07 Å². The van der Waals surface area contributed by atoms with Crippen LogP contribution in [0.2, 0.25) is 0 Å². The van der Waals surface area contributed by atoms with Gasteiger partial charge in [0.25, 0.3) is 0 Å². The van der Waals surface area contributed by atoms with Crippen molar-refractivity contribution in [2.24, 2.45) is 0 Å². The number of benzene rings is 1. The highest BCUT2D eigenvalue weighted by atomic mass is 16.5. The Kier molecular flexibility index (Phi) is 5.55. The molecule has 0 aromatic heterocycles. The van der Waals surface area contributed by atoms with Gasteiger partial charge < -0.3 is 15.6 Å². The lowest BCUT2D eigenvalue weighted by Crippen LogP contribution is -2.46. The average molecular weight is 293 g/mol. The van der Waals surface area contributed by atoms with Crippen LogP contribution in [0.25, 0.3) is 0 Å². The molecular formula is C15H23N3O3. The van der Waals surface area contributed by atoms with E-state index in [1.807, 2.05) is 12.1 Å². The summed E-state index contributed by atoms with van der Waals surface area (Å²) in [7, 11) is 1.37. The van der Waals surface area contributed by atoms with Gasteiger partial charge in [0.1, 0.15) is 0 Å². The summed E-state index contributed by atoms with van der Waals surface area (Å²) in [4.78, 5) is 16.4. The Hall–Kier alpha value is -1.63. The van der Waals surface area contributed by atoms with Gasteiger partial charge in [-0.3, -0.25) is 9.80 Å². The highest BCUT2D eigenvalue weighted by molar-refractivity contribution is 5.96. The summed E-state index contributed by atoms with van der Waals surface area (Å²) in [5.41, 5.74) is 7.74. The maximum absolute atomic E-state index is 11.9. The monoisotopic (exact) mass is 293 g/mol. The Balaban J connectivity index is 2.04. The van der Waals surface area contributed by atoms with Crippen LogP contribution in [0.4, 0.5) is 5.69 Å². The molecular weight excluding hydrogens is 270 g/mol. The Morgan fingerprint density at radius 3 is 2.57 bits per heavy atom. The minimum absolute atomic E-state index is 0.196. The molecule has 2 rings (SSSR count). The molecule has 1 aliphatic heterocycles. The molecule has 21 heavy (non-hydrogen) atoms. The molecule has 3 N–H and O–H groups in total. The van der Waals surface area contributed by atoms with Crippen LogP contribution in [0, 0.1) is 0 Å². The standard InChI is InChI=1S/C15H23N3O3/c1-21-15(20)14-12(3-2-4-13(14)16)11-18-7-5-17(6-8-18)9-10-19/h2-4,19H,5-11,16H2,1H3. The van der Waals surface area contributed by atoms with Crippen LogP contribution in [0.5, 0.6) is 0 Å². The van der Waals surface area contributed by atoms with Crippen LogP contribution in [0.3, 0.4) is 0 Å². The number of carbonyl (C=O) groups is 1. The Morgan fingerprint density at radius 2 is 1.95 bits per heavy atom. The second kappa shape index (κ2) is 7.40. The molecule has 1 heterocycles. The summed E-state index contributed by atoms with van der Waals surface area (Å²) in [6.45, 7) is 5.28. The summed E-state index contributed by atoms with van der Waals surface area (Å²) in [6, 6.07) is 5.50. The number of nitrogens with zero attached hydrogens (tertiary/aromatic N) is 2. The summed E-state index contributed by atoms with van der Waals surface area (Å²) in [6.07, 6.45) is 0. The Bertz CT molecular complexity index is 485. The molecule has 1 fully saturated rings. The summed E-state index contributed by atoms with van der Waals surface area (Å²) in [5.74, 6) is -0.387. The summed E-state index contributed by atoms with van der Waals surface area (Å²) in [5, 5.41) is 8.95. The van der Waals surface area contributed by atoms with E-state index in [0.717, 1.165) is 38.3 Å². The van der Waals surface area contributed by atoms with E-state index in [0.29, 0.717) is 17.8 Å². The molecule has 0 saturated carbocycles. The van der Waals surface area contributed by atoms with Crippen molar-refractivity contribution >= 4 is 11.7 Å². The van der Waals surface area contributed by atoms with E-state index in [4.69, 9.17) is 15.6 Å². The minimum Gasteiger partial charge on any atom is -0.465 e.